The smallest absolute Gasteiger partial charge is 0.242 e. The first-order valence-corrected chi connectivity index (χ1v) is 10.7. The number of hydrogen-bond donors (Lipinski definition) is 1. The van der Waals surface area contributed by atoms with Crippen LogP contribution in [0.4, 0.5) is 10.1 Å². The van der Waals surface area contributed by atoms with Crippen molar-refractivity contribution in [3.8, 4) is 11.4 Å². The molecule has 0 unspecified atom stereocenters. The number of hydrogen-bond acceptors (Lipinski definition) is 5. The highest BCUT2D eigenvalue weighted by Crippen LogP contribution is 2.30. The van der Waals surface area contributed by atoms with E-state index in [0.717, 1.165) is 16.7 Å². The molecule has 32 heavy (non-hydrogen) atoms. The summed E-state index contributed by atoms with van der Waals surface area (Å²) < 4.78 is 22.1. The van der Waals surface area contributed by atoms with Crippen molar-refractivity contribution in [2.45, 2.75) is 6.04 Å². The van der Waals surface area contributed by atoms with Crippen molar-refractivity contribution in [3.63, 3.8) is 0 Å². The number of ether oxygens (including phenoxy) is 1. The Kier molecular flexibility index (Phi) is 6.64. The Labute approximate surface area is 192 Å². The Hall–Kier alpha value is -2.68. The zero-order valence-corrected chi connectivity index (χ0v) is 18.8. The van der Waals surface area contributed by atoms with Crippen LogP contribution in [0.15, 0.2) is 42.5 Å². The summed E-state index contributed by atoms with van der Waals surface area (Å²) in [6.07, 6.45) is 0. The summed E-state index contributed by atoms with van der Waals surface area (Å²) in [5.74, 6) is 0.413. The van der Waals surface area contributed by atoms with E-state index in [2.05, 4.69) is 15.2 Å². The van der Waals surface area contributed by atoms with Gasteiger partial charge in [-0.3, -0.25) is 4.79 Å². The van der Waals surface area contributed by atoms with Gasteiger partial charge in [-0.1, -0.05) is 12.1 Å². The molecule has 2 aromatic carbocycles. The third kappa shape index (κ3) is 4.18. The average Bonchev–Trinajstić information content (AvgIpc) is 3.16. The van der Waals surface area contributed by atoms with Crippen LogP contribution in [0.2, 0.25) is 0 Å². The summed E-state index contributed by atoms with van der Waals surface area (Å²) in [6, 6.07) is 12.7. The summed E-state index contributed by atoms with van der Waals surface area (Å²) in [4.78, 5) is 21.4. The second kappa shape index (κ2) is 9.44. The molecule has 1 N–H and O–H groups in total. The van der Waals surface area contributed by atoms with E-state index in [1.807, 2.05) is 46.8 Å². The van der Waals surface area contributed by atoms with E-state index in [1.165, 1.54) is 6.07 Å². The van der Waals surface area contributed by atoms with Gasteiger partial charge < -0.3 is 24.4 Å². The fourth-order valence-electron chi connectivity index (χ4n) is 4.40. The monoisotopic (exact) mass is 459 g/mol. The number of carbonyl (C=O) groups excluding carboxylic acids is 1. The van der Waals surface area contributed by atoms with Crippen molar-refractivity contribution < 1.29 is 13.9 Å². The third-order valence-corrected chi connectivity index (χ3v) is 6.15. The van der Waals surface area contributed by atoms with Crippen molar-refractivity contribution in [3.05, 3.63) is 48.3 Å². The minimum atomic E-state index is -0.292. The number of halogens is 2. The van der Waals surface area contributed by atoms with E-state index in [4.69, 9.17) is 4.74 Å². The van der Waals surface area contributed by atoms with Crippen LogP contribution in [-0.2, 0) is 16.6 Å². The number of anilines is 1. The number of nitrogens with zero attached hydrogens (tertiary/aromatic N) is 4. The zero-order chi connectivity index (χ0) is 21.4. The SMILES string of the molecule is Cl.Cn1c(-c2cc(N3CCN(C(=O)[C@@H]4COCCN4)CC3)ccc2F)nc2ccccc21. The predicted molar refractivity (Wildman–Crippen MR) is 125 cm³/mol. The molecule has 0 bridgehead atoms. The molecule has 1 atom stereocenters. The number of aromatic nitrogens is 2. The fourth-order valence-corrected chi connectivity index (χ4v) is 4.40. The number of carbonyl (C=O) groups is 1. The molecule has 1 aromatic heterocycles. The maximum atomic E-state index is 14.8. The summed E-state index contributed by atoms with van der Waals surface area (Å²) in [5.41, 5.74) is 3.24. The molecule has 5 rings (SSSR count). The van der Waals surface area contributed by atoms with E-state index in [1.54, 1.807) is 6.07 Å². The fraction of sp³-hybridized carbons (Fsp3) is 0.391. The lowest BCUT2D eigenvalue weighted by Gasteiger charge is -2.38. The van der Waals surface area contributed by atoms with Crippen LogP contribution in [-0.4, -0.2) is 72.3 Å². The number of imidazole rings is 1. The van der Waals surface area contributed by atoms with Gasteiger partial charge in [-0.2, -0.15) is 0 Å². The minimum Gasteiger partial charge on any atom is -0.378 e. The lowest BCUT2D eigenvalue weighted by atomic mass is 10.1. The van der Waals surface area contributed by atoms with Gasteiger partial charge >= 0.3 is 0 Å². The number of aryl methyl sites for hydroxylation is 1. The molecule has 0 spiro atoms. The molecule has 170 valence electrons. The largest absolute Gasteiger partial charge is 0.378 e. The molecule has 2 saturated heterocycles. The van der Waals surface area contributed by atoms with Crippen molar-refractivity contribution in [1.82, 2.24) is 19.8 Å². The highest BCUT2D eigenvalue weighted by Gasteiger charge is 2.29. The lowest BCUT2D eigenvalue weighted by Crippen LogP contribution is -2.57. The highest BCUT2D eigenvalue weighted by molar-refractivity contribution is 5.85. The number of morpholine rings is 1. The van der Waals surface area contributed by atoms with Crippen molar-refractivity contribution in [2.75, 3.05) is 50.8 Å². The van der Waals surface area contributed by atoms with E-state index >= 15 is 0 Å². The van der Waals surface area contributed by atoms with Gasteiger partial charge in [0.2, 0.25) is 5.91 Å². The number of rotatable bonds is 3. The van der Waals surface area contributed by atoms with Gasteiger partial charge in [0.1, 0.15) is 17.7 Å². The molecule has 2 aliphatic heterocycles. The molecule has 3 heterocycles. The van der Waals surface area contributed by atoms with E-state index < -0.39 is 0 Å². The van der Waals surface area contributed by atoms with Crippen LogP contribution in [0, 0.1) is 5.82 Å². The Balaban J connectivity index is 0.00000245. The second-order valence-corrected chi connectivity index (χ2v) is 8.04. The van der Waals surface area contributed by atoms with Gasteiger partial charge in [0.25, 0.3) is 0 Å². The molecule has 9 heteroatoms. The molecule has 7 nitrogen and oxygen atoms in total. The predicted octanol–water partition coefficient (Wildman–Crippen LogP) is 2.44. The third-order valence-electron chi connectivity index (χ3n) is 6.15. The van der Waals surface area contributed by atoms with E-state index in [-0.39, 0.29) is 30.2 Å². The van der Waals surface area contributed by atoms with E-state index in [0.29, 0.717) is 57.3 Å². The summed E-state index contributed by atoms with van der Waals surface area (Å²) in [7, 11) is 1.91. The first-order valence-electron chi connectivity index (χ1n) is 10.7. The van der Waals surface area contributed by atoms with Gasteiger partial charge in [-0.05, 0) is 30.3 Å². The van der Waals surface area contributed by atoms with Crippen molar-refractivity contribution >= 4 is 35.0 Å². The van der Waals surface area contributed by atoms with Crippen LogP contribution in [0.3, 0.4) is 0 Å². The average molecular weight is 460 g/mol. The minimum absolute atomic E-state index is 0. The number of nitrogens with one attached hydrogen (secondary N) is 1. The molecule has 0 aliphatic carbocycles. The number of para-hydroxylation sites is 2. The molecule has 1 amide bonds. The number of amides is 1. The normalized spacial score (nSPS) is 19.1. The van der Waals surface area contributed by atoms with Gasteiger partial charge in [-0.25, -0.2) is 9.37 Å². The number of benzene rings is 2. The Bertz CT molecular complexity index is 1110. The number of piperazine rings is 1. The van der Waals surface area contributed by atoms with Crippen LogP contribution in [0.5, 0.6) is 0 Å². The maximum absolute atomic E-state index is 14.8. The zero-order valence-electron chi connectivity index (χ0n) is 18.0. The van der Waals surface area contributed by atoms with Gasteiger partial charge in [0.05, 0.1) is 29.8 Å². The maximum Gasteiger partial charge on any atom is 0.242 e. The van der Waals surface area contributed by atoms with Crippen LogP contribution >= 0.6 is 12.4 Å². The van der Waals surface area contributed by atoms with Crippen molar-refractivity contribution in [1.29, 1.82) is 0 Å². The summed E-state index contributed by atoms with van der Waals surface area (Å²) >= 11 is 0. The van der Waals surface area contributed by atoms with E-state index in [9.17, 15) is 9.18 Å². The first kappa shape index (κ1) is 22.5. The quantitative estimate of drug-likeness (QED) is 0.652. The molecular weight excluding hydrogens is 433 g/mol. The Morgan fingerprint density at radius 3 is 2.66 bits per heavy atom. The van der Waals surface area contributed by atoms with Gasteiger partial charge in [0.15, 0.2) is 0 Å². The standard InChI is InChI=1S/C23H26FN5O2.ClH/c1-27-21-5-3-2-4-19(21)26-22(27)17-14-16(6-7-18(17)24)28-9-11-29(12-10-28)23(30)20-15-31-13-8-25-20;/h2-7,14,20,25H,8-13,15H2,1H3;1H/t20-;/m0./s1. The van der Waals surface area contributed by atoms with Crippen LogP contribution in [0.1, 0.15) is 0 Å². The second-order valence-electron chi connectivity index (χ2n) is 8.04. The molecule has 2 aliphatic rings. The number of fused-ring (bicyclic) bond motifs is 1. The Morgan fingerprint density at radius 2 is 1.94 bits per heavy atom. The molecule has 0 saturated carbocycles. The lowest BCUT2D eigenvalue weighted by molar-refractivity contribution is -0.136. The first-order chi connectivity index (χ1) is 15.1. The molecule has 2 fully saturated rings. The Morgan fingerprint density at radius 1 is 1.16 bits per heavy atom. The molecule has 3 aromatic rings. The van der Waals surface area contributed by atoms with Crippen molar-refractivity contribution in [2.24, 2.45) is 7.05 Å². The van der Waals surface area contributed by atoms with Gasteiger partial charge in [-0.15, -0.1) is 12.4 Å². The summed E-state index contributed by atoms with van der Waals surface area (Å²) in [6.45, 7) is 4.46. The molecular formula is C23H27ClFN5O2. The topological polar surface area (TPSA) is 62.6 Å². The highest BCUT2D eigenvalue weighted by atomic mass is 35.5. The summed E-state index contributed by atoms with van der Waals surface area (Å²) in [5, 5.41) is 3.23. The van der Waals surface area contributed by atoms with Crippen LogP contribution < -0.4 is 10.2 Å². The van der Waals surface area contributed by atoms with Gasteiger partial charge in [0, 0.05) is 45.5 Å². The van der Waals surface area contributed by atoms with Crippen LogP contribution in [0.25, 0.3) is 22.4 Å². The molecule has 0 radical (unpaired) electrons.